The first-order valence-electron chi connectivity index (χ1n) is 6.67. The van der Waals surface area contributed by atoms with Gasteiger partial charge in [0.05, 0.1) is 30.9 Å². The Hall–Kier alpha value is -3.67. The summed E-state index contributed by atoms with van der Waals surface area (Å²) in [5.74, 6) is 0.00935. The van der Waals surface area contributed by atoms with E-state index in [0.717, 1.165) is 0 Å². The second-order valence-electron chi connectivity index (χ2n) is 4.58. The summed E-state index contributed by atoms with van der Waals surface area (Å²) in [6.07, 6.45) is 0. The third-order valence-electron chi connectivity index (χ3n) is 3.20. The van der Waals surface area contributed by atoms with Crippen LogP contribution in [0.25, 0.3) is 4.98 Å². The molecule has 0 aliphatic heterocycles. The zero-order valence-corrected chi connectivity index (χ0v) is 12.8. The minimum atomic E-state index is -0.549. The number of rotatable bonds is 5. The molecule has 0 spiro atoms. The topological polar surface area (TPSA) is 119 Å². The average Bonchev–Trinajstić information content (AvgIpc) is 2.61. The molecule has 0 saturated carbocycles. The Balaban J connectivity index is 2.31. The van der Waals surface area contributed by atoms with Crippen molar-refractivity contribution in [3.05, 3.63) is 57.1 Å². The van der Waals surface area contributed by atoms with Gasteiger partial charge in [0, 0.05) is 23.8 Å². The predicted octanol–water partition coefficient (Wildman–Crippen LogP) is 3.35. The highest BCUT2D eigenvalue weighted by atomic mass is 16.6. The minimum Gasteiger partial charge on any atom is -0.494 e. The van der Waals surface area contributed by atoms with E-state index in [1.165, 1.54) is 50.6 Å². The van der Waals surface area contributed by atoms with Gasteiger partial charge in [-0.1, -0.05) is 0 Å². The Kier molecular flexibility index (Phi) is 4.91. The van der Waals surface area contributed by atoms with Crippen LogP contribution in [0.4, 0.5) is 17.1 Å². The summed E-state index contributed by atoms with van der Waals surface area (Å²) in [5, 5.41) is 22.2. The molecule has 24 heavy (non-hydrogen) atoms. The van der Waals surface area contributed by atoms with Crippen molar-refractivity contribution in [2.45, 2.75) is 0 Å². The molecule has 2 aromatic rings. The summed E-state index contributed by atoms with van der Waals surface area (Å²) in [4.78, 5) is 25.4. The van der Waals surface area contributed by atoms with Gasteiger partial charge >= 0.3 is 5.69 Å². The number of carbonyl (C=O) groups excluding carboxylic acids is 1. The molecule has 0 fully saturated rings. The number of benzene rings is 2. The number of anilines is 1. The second kappa shape index (κ2) is 7.06. The van der Waals surface area contributed by atoms with Crippen LogP contribution in [0.1, 0.15) is 10.4 Å². The van der Waals surface area contributed by atoms with Crippen molar-refractivity contribution in [2.75, 3.05) is 19.5 Å². The van der Waals surface area contributed by atoms with E-state index in [1.807, 2.05) is 0 Å². The Morgan fingerprint density at radius 3 is 2.29 bits per heavy atom. The second-order valence-corrected chi connectivity index (χ2v) is 4.58. The van der Waals surface area contributed by atoms with Crippen LogP contribution in [0, 0.1) is 15.5 Å². The highest BCUT2D eigenvalue weighted by molar-refractivity contribution is 6.05. The van der Waals surface area contributed by atoms with E-state index in [4.69, 9.17) is 14.9 Å². The van der Waals surface area contributed by atoms with E-state index in [-0.39, 0.29) is 28.4 Å². The number of non-ortho nitro benzene ring substituents is 1. The molecule has 1 N–H and O–H groups in total. The monoisotopic (exact) mass is 329 g/mol. The molecule has 0 atom stereocenters. The molecular formula is C15H13N4O5+. The van der Waals surface area contributed by atoms with Crippen molar-refractivity contribution in [2.24, 2.45) is 0 Å². The van der Waals surface area contributed by atoms with E-state index in [1.54, 1.807) is 0 Å². The number of amides is 1. The van der Waals surface area contributed by atoms with Crippen molar-refractivity contribution in [1.82, 2.24) is 0 Å². The fourth-order valence-corrected chi connectivity index (χ4v) is 1.99. The number of ether oxygens (including phenoxy) is 2. The van der Waals surface area contributed by atoms with Gasteiger partial charge in [0.15, 0.2) is 10.7 Å². The zero-order valence-electron chi connectivity index (χ0n) is 12.8. The first kappa shape index (κ1) is 16.7. The third-order valence-corrected chi connectivity index (χ3v) is 3.20. The molecule has 2 aromatic carbocycles. The molecule has 0 aromatic heterocycles. The molecule has 9 heteroatoms. The van der Waals surface area contributed by atoms with Gasteiger partial charge < -0.3 is 14.8 Å². The standard InChI is InChI=1S/C15H12N4O5/c1-23-13-8-12(18-16)14(24-2)7-11(13)17-15(20)9-3-5-10(6-4-9)19(21)22/h3-8H,1-2H3/p+1. The Labute approximate surface area is 136 Å². The lowest BCUT2D eigenvalue weighted by atomic mass is 10.1. The summed E-state index contributed by atoms with van der Waals surface area (Å²) >= 11 is 0. The van der Waals surface area contributed by atoms with E-state index >= 15 is 0 Å². The summed E-state index contributed by atoms with van der Waals surface area (Å²) in [6.45, 7) is 0. The lowest BCUT2D eigenvalue weighted by Gasteiger charge is -2.10. The van der Waals surface area contributed by atoms with Gasteiger partial charge in [-0.25, -0.2) is 0 Å². The van der Waals surface area contributed by atoms with Crippen molar-refractivity contribution in [3.8, 4) is 11.5 Å². The predicted molar refractivity (Wildman–Crippen MR) is 85.3 cm³/mol. The molecule has 0 radical (unpaired) electrons. The quantitative estimate of drug-likeness (QED) is 0.510. The molecule has 0 aliphatic carbocycles. The van der Waals surface area contributed by atoms with E-state index in [2.05, 4.69) is 10.3 Å². The number of nitrogens with zero attached hydrogens (tertiary/aromatic N) is 3. The maximum Gasteiger partial charge on any atom is 0.430 e. The molecule has 0 saturated heterocycles. The number of hydrogen-bond acceptors (Lipinski definition) is 6. The first-order valence-corrected chi connectivity index (χ1v) is 6.67. The van der Waals surface area contributed by atoms with Crippen molar-refractivity contribution in [1.29, 1.82) is 5.39 Å². The van der Waals surface area contributed by atoms with Gasteiger partial charge in [-0.3, -0.25) is 14.9 Å². The molecule has 0 aliphatic rings. The van der Waals surface area contributed by atoms with Crippen molar-refractivity contribution < 1.29 is 19.2 Å². The molecule has 2 rings (SSSR count). The number of nitro benzene ring substituents is 1. The van der Waals surface area contributed by atoms with Gasteiger partial charge in [0.1, 0.15) is 0 Å². The van der Waals surface area contributed by atoms with Gasteiger partial charge in [-0.05, 0) is 12.1 Å². The lowest BCUT2D eigenvalue weighted by Crippen LogP contribution is -2.12. The van der Waals surface area contributed by atoms with Crippen LogP contribution in [0.3, 0.4) is 0 Å². The summed E-state index contributed by atoms with van der Waals surface area (Å²) in [6, 6.07) is 7.99. The van der Waals surface area contributed by atoms with Gasteiger partial charge in [-0.15, -0.1) is 0 Å². The Morgan fingerprint density at radius 1 is 1.17 bits per heavy atom. The van der Waals surface area contributed by atoms with Crippen molar-refractivity contribution in [3.63, 3.8) is 0 Å². The Morgan fingerprint density at radius 2 is 1.79 bits per heavy atom. The van der Waals surface area contributed by atoms with Gasteiger partial charge in [0.2, 0.25) is 11.1 Å². The van der Waals surface area contributed by atoms with Crippen LogP contribution in [0.2, 0.25) is 0 Å². The highest BCUT2D eigenvalue weighted by Crippen LogP contribution is 2.38. The molecular weight excluding hydrogens is 316 g/mol. The van der Waals surface area contributed by atoms with E-state index in [0.29, 0.717) is 5.69 Å². The van der Waals surface area contributed by atoms with Gasteiger partial charge in [-0.2, -0.15) is 0 Å². The fourth-order valence-electron chi connectivity index (χ4n) is 1.99. The van der Waals surface area contributed by atoms with Crippen LogP contribution < -0.4 is 14.8 Å². The average molecular weight is 329 g/mol. The smallest absolute Gasteiger partial charge is 0.430 e. The number of diazo groups is 1. The number of nitrogens with one attached hydrogen (secondary N) is 1. The minimum absolute atomic E-state index is 0.111. The Bertz CT molecular complexity index is 827. The van der Waals surface area contributed by atoms with Crippen molar-refractivity contribution >= 4 is 23.0 Å². The maximum atomic E-state index is 12.3. The molecule has 0 unspecified atom stereocenters. The summed E-state index contributed by atoms with van der Waals surface area (Å²) in [5.41, 5.74) is 0.560. The van der Waals surface area contributed by atoms with Crippen LogP contribution in [0.5, 0.6) is 11.5 Å². The van der Waals surface area contributed by atoms with Crippen LogP contribution in [0.15, 0.2) is 36.4 Å². The molecule has 9 nitrogen and oxygen atoms in total. The lowest BCUT2D eigenvalue weighted by molar-refractivity contribution is -0.384. The van der Waals surface area contributed by atoms with E-state index in [9.17, 15) is 14.9 Å². The summed E-state index contributed by atoms with van der Waals surface area (Å²) in [7, 11) is 2.78. The SMILES string of the molecule is COc1cc(NC(=O)c2ccc([N+](=O)[O-])cc2)c(OC)cc1[N+]#N. The molecule has 0 heterocycles. The number of carbonyl (C=O) groups is 1. The fraction of sp³-hybridized carbons (Fsp3) is 0.133. The van der Waals surface area contributed by atoms with Crippen LogP contribution >= 0.6 is 0 Å². The highest BCUT2D eigenvalue weighted by Gasteiger charge is 2.21. The summed E-state index contributed by atoms with van der Waals surface area (Å²) < 4.78 is 10.2. The third kappa shape index (κ3) is 3.38. The van der Waals surface area contributed by atoms with Crippen LogP contribution in [-0.4, -0.2) is 25.1 Å². The molecule has 1 amide bonds. The normalized spacial score (nSPS) is 9.71. The van der Waals surface area contributed by atoms with E-state index < -0.39 is 10.8 Å². The van der Waals surface area contributed by atoms with Crippen LogP contribution in [-0.2, 0) is 0 Å². The molecule has 122 valence electrons. The number of nitro groups is 1. The zero-order chi connectivity index (χ0) is 17.7. The van der Waals surface area contributed by atoms with Gasteiger partial charge in [0.25, 0.3) is 11.6 Å². The number of methoxy groups -OCH3 is 2. The maximum absolute atomic E-state index is 12.3. The number of hydrogen-bond donors (Lipinski definition) is 1. The molecule has 0 bridgehead atoms. The first-order chi connectivity index (χ1) is 11.5. The largest absolute Gasteiger partial charge is 0.494 e.